The second-order valence-corrected chi connectivity index (χ2v) is 15.0. The number of carbonyl (C=O) groups excluding carboxylic acids is 1. The Bertz CT molecular complexity index is 2310. The van der Waals surface area contributed by atoms with Crippen LogP contribution in [0.3, 0.4) is 0 Å². The minimum Gasteiger partial charge on any atom is -0.444 e. The Morgan fingerprint density at radius 3 is 2.30 bits per heavy atom. The first-order valence-electron chi connectivity index (χ1n) is 18.4. The van der Waals surface area contributed by atoms with Gasteiger partial charge in [0, 0.05) is 61.4 Å². The van der Waals surface area contributed by atoms with Crippen molar-refractivity contribution in [2.24, 2.45) is 4.99 Å². The molecule has 53 heavy (non-hydrogen) atoms. The van der Waals surface area contributed by atoms with E-state index in [-0.39, 0.29) is 18.2 Å². The average molecular weight is 705 g/mol. The Morgan fingerprint density at radius 2 is 1.62 bits per heavy atom. The number of nitrogens with zero attached hydrogens (tertiary/aromatic N) is 6. The zero-order chi connectivity index (χ0) is 36.5. The van der Waals surface area contributed by atoms with E-state index >= 15 is 0 Å². The van der Waals surface area contributed by atoms with Gasteiger partial charge in [-0.1, -0.05) is 72.5 Å². The Hall–Kier alpha value is -5.72. The number of fused-ring (bicyclic) bond motifs is 2. The van der Waals surface area contributed by atoms with Crippen molar-refractivity contribution in [1.29, 1.82) is 0 Å². The van der Waals surface area contributed by atoms with E-state index in [9.17, 15) is 4.79 Å². The third kappa shape index (κ3) is 7.33. The van der Waals surface area contributed by atoms with Gasteiger partial charge >= 0.3 is 6.09 Å². The van der Waals surface area contributed by atoms with Crippen molar-refractivity contribution in [3.63, 3.8) is 0 Å². The molecule has 2 fully saturated rings. The van der Waals surface area contributed by atoms with Crippen molar-refractivity contribution in [3.05, 3.63) is 126 Å². The summed E-state index contributed by atoms with van der Waals surface area (Å²) in [4.78, 5) is 30.2. The molecular formula is C44H44N6O3. The molecule has 1 amide bonds. The van der Waals surface area contributed by atoms with Crippen LogP contribution < -0.4 is 0 Å². The van der Waals surface area contributed by atoms with Gasteiger partial charge in [0.1, 0.15) is 5.60 Å². The summed E-state index contributed by atoms with van der Waals surface area (Å²) in [6, 6.07) is 29.2. The van der Waals surface area contributed by atoms with Crippen molar-refractivity contribution < 1.29 is 14.3 Å². The summed E-state index contributed by atoms with van der Waals surface area (Å²) in [7, 11) is 1.69. The molecule has 1 saturated heterocycles. The predicted octanol–water partition coefficient (Wildman–Crippen LogP) is 8.88. The van der Waals surface area contributed by atoms with E-state index in [0.29, 0.717) is 31.4 Å². The van der Waals surface area contributed by atoms with Crippen LogP contribution in [0.1, 0.15) is 80.8 Å². The summed E-state index contributed by atoms with van der Waals surface area (Å²) >= 11 is 0. The minimum atomic E-state index is -0.600. The van der Waals surface area contributed by atoms with Crippen molar-refractivity contribution in [2.45, 2.75) is 70.2 Å². The number of imidazole rings is 1. The Morgan fingerprint density at radius 1 is 0.887 bits per heavy atom. The number of carbonyl (C=O) groups is 1. The molecule has 3 aromatic carbocycles. The van der Waals surface area contributed by atoms with Crippen LogP contribution in [0, 0.1) is 11.8 Å². The minimum absolute atomic E-state index is 0.0212. The van der Waals surface area contributed by atoms with Gasteiger partial charge in [-0.05, 0) is 70.7 Å². The number of hydrogen-bond acceptors (Lipinski definition) is 6. The Balaban J connectivity index is 1.25. The highest BCUT2D eigenvalue weighted by atomic mass is 16.6. The van der Waals surface area contributed by atoms with Crippen LogP contribution in [0.2, 0.25) is 0 Å². The van der Waals surface area contributed by atoms with Gasteiger partial charge in [-0.15, -0.1) is 0 Å². The zero-order valence-corrected chi connectivity index (χ0v) is 30.7. The van der Waals surface area contributed by atoms with Crippen molar-refractivity contribution in [3.8, 4) is 11.8 Å². The van der Waals surface area contributed by atoms with E-state index in [2.05, 4.69) is 74.6 Å². The van der Waals surface area contributed by atoms with Crippen molar-refractivity contribution in [1.82, 2.24) is 24.0 Å². The lowest BCUT2D eigenvalue weighted by molar-refractivity contribution is 0.0198. The highest BCUT2D eigenvalue weighted by Crippen LogP contribution is 2.39. The fourth-order valence-corrected chi connectivity index (χ4v) is 7.32. The van der Waals surface area contributed by atoms with Crippen LogP contribution in [0.4, 0.5) is 10.6 Å². The SMILES string of the molecule is COCC[C@H]1C[C@H](n2cc(C#Cc3ccc4c(c3)ncn4C3CC3)c3c(N=C(c4ccccc4)c4ccccc4)nccc32)CN1C(=O)OC(C)(C)C. The molecule has 0 N–H and O–H groups in total. The summed E-state index contributed by atoms with van der Waals surface area (Å²) in [5, 5.41) is 0.868. The zero-order valence-electron chi connectivity index (χ0n) is 30.7. The van der Waals surface area contributed by atoms with E-state index in [4.69, 9.17) is 19.5 Å². The molecule has 6 aromatic rings. The first-order valence-corrected chi connectivity index (χ1v) is 18.4. The molecule has 0 bridgehead atoms. The molecule has 3 aromatic heterocycles. The molecule has 8 rings (SSSR count). The van der Waals surface area contributed by atoms with Crippen LogP contribution >= 0.6 is 0 Å². The maximum absolute atomic E-state index is 13.5. The monoisotopic (exact) mass is 704 g/mol. The lowest BCUT2D eigenvalue weighted by atomic mass is 10.0. The summed E-state index contributed by atoms with van der Waals surface area (Å²) in [5.41, 5.74) is 6.97. The number of amides is 1. The lowest BCUT2D eigenvalue weighted by Crippen LogP contribution is -2.40. The van der Waals surface area contributed by atoms with Crippen molar-refractivity contribution in [2.75, 3.05) is 20.3 Å². The number of likely N-dealkylation sites (tertiary alicyclic amines) is 1. The molecule has 9 heteroatoms. The van der Waals surface area contributed by atoms with Gasteiger partial charge in [0.05, 0.1) is 45.6 Å². The van der Waals surface area contributed by atoms with E-state index in [0.717, 1.165) is 56.3 Å². The van der Waals surface area contributed by atoms with Gasteiger partial charge in [0.2, 0.25) is 0 Å². The topological polar surface area (TPSA) is 86.8 Å². The molecule has 2 aliphatic rings. The third-order valence-corrected chi connectivity index (χ3v) is 9.96. The van der Waals surface area contributed by atoms with Crippen LogP contribution in [-0.4, -0.2) is 67.7 Å². The first-order chi connectivity index (χ1) is 25.8. The van der Waals surface area contributed by atoms with E-state index in [1.807, 2.05) is 80.7 Å². The number of aliphatic imine (C=N–C) groups is 1. The average Bonchev–Trinajstić information content (AvgIpc) is 3.60. The van der Waals surface area contributed by atoms with Gasteiger partial charge in [0.15, 0.2) is 5.82 Å². The third-order valence-electron chi connectivity index (χ3n) is 9.96. The Kier molecular flexibility index (Phi) is 9.31. The largest absolute Gasteiger partial charge is 0.444 e. The lowest BCUT2D eigenvalue weighted by Gasteiger charge is -2.28. The molecule has 4 heterocycles. The van der Waals surface area contributed by atoms with Gasteiger partial charge in [-0.2, -0.15) is 0 Å². The number of benzene rings is 3. The maximum Gasteiger partial charge on any atom is 0.410 e. The number of hydrogen-bond donors (Lipinski definition) is 0. The molecule has 0 unspecified atom stereocenters. The summed E-state index contributed by atoms with van der Waals surface area (Å²) in [5.74, 6) is 7.55. The highest BCUT2D eigenvalue weighted by molar-refractivity contribution is 6.15. The molecular weight excluding hydrogens is 661 g/mol. The first kappa shape index (κ1) is 34.4. The molecule has 268 valence electrons. The molecule has 9 nitrogen and oxygen atoms in total. The smallest absolute Gasteiger partial charge is 0.410 e. The van der Waals surface area contributed by atoms with Crippen molar-refractivity contribution >= 4 is 39.6 Å². The van der Waals surface area contributed by atoms with E-state index in [1.54, 1.807) is 7.11 Å². The second kappa shape index (κ2) is 14.4. The normalized spacial score (nSPS) is 17.2. The number of rotatable bonds is 8. The molecule has 0 spiro atoms. The van der Waals surface area contributed by atoms with Crippen LogP contribution in [-0.2, 0) is 9.47 Å². The summed E-state index contributed by atoms with van der Waals surface area (Å²) < 4.78 is 15.9. The number of aromatic nitrogens is 4. The fraction of sp³-hybridized carbons (Fsp3) is 0.318. The highest BCUT2D eigenvalue weighted by Gasteiger charge is 2.39. The molecule has 1 saturated carbocycles. The summed E-state index contributed by atoms with van der Waals surface area (Å²) in [6.07, 6.45) is 9.44. The van der Waals surface area contributed by atoms with Gasteiger partial charge in [0.25, 0.3) is 0 Å². The fourth-order valence-electron chi connectivity index (χ4n) is 7.32. The standard InChI is InChI=1S/C44H44N6O3/c1-44(2,3)53-43(51)49-28-36(26-35(49)22-24-52-4)48-27-33(17-15-30-16-20-38-37(25-30)46-29-50(38)34-18-19-34)40-39(48)21-23-45-42(40)47-41(31-11-7-5-8-12-31)32-13-9-6-10-14-32/h5-14,16,20-21,23,25,27,29,34-36H,18-19,22,24,26,28H2,1-4H3/t35-,36-/m0/s1. The van der Waals surface area contributed by atoms with E-state index < -0.39 is 5.60 Å². The van der Waals surface area contributed by atoms with Crippen LogP contribution in [0.15, 0.2) is 109 Å². The molecule has 1 aliphatic heterocycles. The van der Waals surface area contributed by atoms with E-state index in [1.165, 1.54) is 12.8 Å². The quantitative estimate of drug-likeness (QED) is 0.117. The number of ether oxygens (including phenoxy) is 2. The molecule has 0 radical (unpaired) electrons. The molecule has 2 atom stereocenters. The van der Waals surface area contributed by atoms with Gasteiger partial charge in [-0.25, -0.2) is 19.8 Å². The number of methoxy groups -OCH3 is 1. The Labute approximate surface area is 310 Å². The summed E-state index contributed by atoms with van der Waals surface area (Å²) in [6.45, 7) is 6.75. The number of pyridine rings is 1. The maximum atomic E-state index is 13.5. The second-order valence-electron chi connectivity index (χ2n) is 15.0. The van der Waals surface area contributed by atoms with Gasteiger partial charge < -0.3 is 23.5 Å². The predicted molar refractivity (Wildman–Crippen MR) is 209 cm³/mol. The van der Waals surface area contributed by atoms with Crippen LogP contribution in [0.5, 0.6) is 0 Å². The molecule has 1 aliphatic carbocycles. The van der Waals surface area contributed by atoms with Crippen LogP contribution in [0.25, 0.3) is 21.9 Å². The van der Waals surface area contributed by atoms with Gasteiger partial charge in [-0.3, -0.25) is 0 Å².